The molecule has 1 N–H and O–H groups in total. The van der Waals surface area contributed by atoms with Crippen molar-refractivity contribution in [2.75, 3.05) is 37.6 Å². The van der Waals surface area contributed by atoms with Gasteiger partial charge in [-0.15, -0.1) is 0 Å². The number of anilines is 1. The van der Waals surface area contributed by atoms with Gasteiger partial charge in [0, 0.05) is 44.0 Å². The molecule has 7 heteroatoms. The number of para-hydroxylation sites is 1. The van der Waals surface area contributed by atoms with Crippen LogP contribution in [-0.2, 0) is 10.0 Å². The molecule has 0 bridgehead atoms. The summed E-state index contributed by atoms with van der Waals surface area (Å²) >= 11 is 0. The summed E-state index contributed by atoms with van der Waals surface area (Å²) in [5.41, 5.74) is 1.56. The summed E-state index contributed by atoms with van der Waals surface area (Å²) < 4.78 is 27.4. The largest absolute Gasteiger partial charge is 0.368 e. The molecule has 1 amide bonds. The van der Waals surface area contributed by atoms with Crippen molar-refractivity contribution in [2.45, 2.75) is 24.7 Å². The molecule has 0 unspecified atom stereocenters. The van der Waals surface area contributed by atoms with Gasteiger partial charge in [-0.1, -0.05) is 37.6 Å². The maximum atomic E-state index is 12.9. The van der Waals surface area contributed by atoms with Gasteiger partial charge < -0.3 is 9.80 Å². The standard InChI is InChI=1S/C21H27N3O3S/c1-2-3-12-22-28(26,27)20-11-7-8-18(17-20)21(25)24-15-13-23(14-16-24)19-9-5-4-6-10-19/h4-11,17,22H,2-3,12-16H2,1H3. The average molecular weight is 402 g/mol. The zero-order valence-corrected chi connectivity index (χ0v) is 17.0. The first-order valence-corrected chi connectivity index (χ1v) is 11.2. The van der Waals surface area contributed by atoms with Crippen molar-refractivity contribution < 1.29 is 13.2 Å². The van der Waals surface area contributed by atoms with E-state index in [1.165, 1.54) is 12.1 Å². The highest BCUT2D eigenvalue weighted by molar-refractivity contribution is 7.89. The third-order valence-electron chi connectivity index (χ3n) is 4.90. The van der Waals surface area contributed by atoms with E-state index in [4.69, 9.17) is 0 Å². The lowest BCUT2D eigenvalue weighted by molar-refractivity contribution is 0.0746. The number of hydrogen-bond donors (Lipinski definition) is 1. The third kappa shape index (κ3) is 4.91. The van der Waals surface area contributed by atoms with Crippen LogP contribution in [0.4, 0.5) is 5.69 Å². The van der Waals surface area contributed by atoms with Crippen molar-refractivity contribution in [1.29, 1.82) is 0 Å². The van der Waals surface area contributed by atoms with Crippen LogP contribution in [0.25, 0.3) is 0 Å². The van der Waals surface area contributed by atoms with Gasteiger partial charge in [-0.3, -0.25) is 4.79 Å². The third-order valence-corrected chi connectivity index (χ3v) is 6.36. The number of hydrogen-bond acceptors (Lipinski definition) is 4. The number of benzene rings is 2. The summed E-state index contributed by atoms with van der Waals surface area (Å²) in [6.45, 7) is 5.14. The Morgan fingerprint density at radius 3 is 2.39 bits per heavy atom. The Hall–Kier alpha value is -2.38. The molecule has 0 atom stereocenters. The fourth-order valence-electron chi connectivity index (χ4n) is 3.25. The van der Waals surface area contributed by atoms with Crippen LogP contribution in [-0.4, -0.2) is 51.9 Å². The predicted octanol–water partition coefficient (Wildman–Crippen LogP) is 2.73. The van der Waals surface area contributed by atoms with Crippen LogP contribution in [0.2, 0.25) is 0 Å². The average Bonchev–Trinajstić information content (AvgIpc) is 2.74. The lowest BCUT2D eigenvalue weighted by Gasteiger charge is -2.36. The first kappa shape index (κ1) is 20.4. The number of unbranched alkanes of at least 4 members (excludes halogenated alkanes) is 1. The molecule has 1 fully saturated rings. The van der Waals surface area contributed by atoms with Crippen molar-refractivity contribution in [3.8, 4) is 0 Å². The molecule has 2 aromatic rings. The zero-order chi connectivity index (χ0) is 20.0. The first-order chi connectivity index (χ1) is 13.5. The molecule has 0 radical (unpaired) electrons. The molecule has 0 aromatic heterocycles. The Bertz CT molecular complexity index is 892. The number of rotatable bonds is 7. The highest BCUT2D eigenvalue weighted by Crippen LogP contribution is 2.18. The molecule has 1 aliphatic rings. The van der Waals surface area contributed by atoms with E-state index < -0.39 is 10.0 Å². The van der Waals surface area contributed by atoms with Crippen molar-refractivity contribution in [3.05, 3.63) is 60.2 Å². The first-order valence-electron chi connectivity index (χ1n) is 9.70. The number of nitrogens with zero attached hydrogens (tertiary/aromatic N) is 2. The van der Waals surface area contributed by atoms with E-state index in [1.54, 1.807) is 17.0 Å². The molecule has 0 spiro atoms. The second kappa shape index (κ2) is 9.21. The summed E-state index contributed by atoms with van der Waals surface area (Å²) in [4.78, 5) is 17.1. The van der Waals surface area contributed by atoms with Gasteiger partial charge in [-0.2, -0.15) is 0 Å². The molecular weight excluding hydrogens is 374 g/mol. The molecule has 28 heavy (non-hydrogen) atoms. The lowest BCUT2D eigenvalue weighted by atomic mass is 10.1. The SMILES string of the molecule is CCCCNS(=O)(=O)c1cccc(C(=O)N2CCN(c3ccccc3)CC2)c1. The van der Waals surface area contributed by atoms with Crippen LogP contribution < -0.4 is 9.62 Å². The normalized spacial score (nSPS) is 14.9. The predicted molar refractivity (Wildman–Crippen MR) is 111 cm³/mol. The molecule has 6 nitrogen and oxygen atoms in total. The summed E-state index contributed by atoms with van der Waals surface area (Å²) in [7, 11) is -3.59. The molecule has 1 aliphatic heterocycles. The van der Waals surface area contributed by atoms with Gasteiger partial charge in [-0.05, 0) is 36.8 Å². The minimum atomic E-state index is -3.59. The summed E-state index contributed by atoms with van der Waals surface area (Å²) in [6.07, 6.45) is 1.69. The number of piperazine rings is 1. The van der Waals surface area contributed by atoms with E-state index in [0.29, 0.717) is 25.2 Å². The fourth-order valence-corrected chi connectivity index (χ4v) is 4.37. The molecule has 0 aliphatic carbocycles. The molecule has 1 saturated heterocycles. The molecule has 3 rings (SSSR count). The van der Waals surface area contributed by atoms with Crippen LogP contribution in [0.5, 0.6) is 0 Å². The van der Waals surface area contributed by atoms with Gasteiger partial charge in [0.25, 0.3) is 5.91 Å². The molecular formula is C21H27N3O3S. The van der Waals surface area contributed by atoms with Gasteiger partial charge in [0.15, 0.2) is 0 Å². The second-order valence-corrected chi connectivity index (χ2v) is 8.66. The zero-order valence-electron chi connectivity index (χ0n) is 16.2. The van der Waals surface area contributed by atoms with E-state index >= 15 is 0 Å². The maximum absolute atomic E-state index is 12.9. The van der Waals surface area contributed by atoms with Crippen molar-refractivity contribution >= 4 is 21.6 Å². The van der Waals surface area contributed by atoms with Crippen molar-refractivity contribution in [2.24, 2.45) is 0 Å². The van der Waals surface area contributed by atoms with E-state index in [9.17, 15) is 13.2 Å². The van der Waals surface area contributed by atoms with Crippen LogP contribution in [0.15, 0.2) is 59.5 Å². The summed E-state index contributed by atoms with van der Waals surface area (Å²) in [5, 5.41) is 0. The second-order valence-electron chi connectivity index (χ2n) is 6.89. The molecule has 150 valence electrons. The monoisotopic (exact) mass is 401 g/mol. The van der Waals surface area contributed by atoms with Crippen LogP contribution >= 0.6 is 0 Å². The Morgan fingerprint density at radius 1 is 1.00 bits per heavy atom. The van der Waals surface area contributed by atoms with Crippen LogP contribution in [0.1, 0.15) is 30.1 Å². The number of sulfonamides is 1. The number of carbonyl (C=O) groups excluding carboxylic acids is 1. The van der Waals surface area contributed by atoms with Gasteiger partial charge in [-0.25, -0.2) is 13.1 Å². The van der Waals surface area contributed by atoms with Gasteiger partial charge in [0.05, 0.1) is 4.90 Å². The Kier molecular flexibility index (Phi) is 6.70. The lowest BCUT2D eigenvalue weighted by Crippen LogP contribution is -2.48. The minimum Gasteiger partial charge on any atom is -0.368 e. The topological polar surface area (TPSA) is 69.7 Å². The molecule has 1 heterocycles. The Balaban J connectivity index is 1.65. The molecule has 0 saturated carbocycles. The number of nitrogens with one attached hydrogen (secondary N) is 1. The smallest absolute Gasteiger partial charge is 0.254 e. The van der Waals surface area contributed by atoms with Crippen LogP contribution in [0, 0.1) is 0 Å². The van der Waals surface area contributed by atoms with E-state index in [2.05, 4.69) is 21.8 Å². The van der Waals surface area contributed by atoms with E-state index in [-0.39, 0.29) is 10.8 Å². The molecule has 2 aromatic carbocycles. The quantitative estimate of drug-likeness (QED) is 0.725. The van der Waals surface area contributed by atoms with E-state index in [1.807, 2.05) is 25.1 Å². The fraction of sp³-hybridized carbons (Fsp3) is 0.381. The Morgan fingerprint density at radius 2 is 1.71 bits per heavy atom. The van der Waals surface area contributed by atoms with Gasteiger partial charge >= 0.3 is 0 Å². The van der Waals surface area contributed by atoms with Gasteiger partial charge in [0.2, 0.25) is 10.0 Å². The summed E-state index contributed by atoms with van der Waals surface area (Å²) in [6, 6.07) is 16.4. The van der Waals surface area contributed by atoms with E-state index in [0.717, 1.165) is 31.6 Å². The number of carbonyl (C=O) groups is 1. The van der Waals surface area contributed by atoms with Crippen LogP contribution in [0.3, 0.4) is 0 Å². The minimum absolute atomic E-state index is 0.127. The highest BCUT2D eigenvalue weighted by atomic mass is 32.2. The Labute approximate surface area is 167 Å². The summed E-state index contributed by atoms with van der Waals surface area (Å²) in [5.74, 6) is -0.127. The van der Waals surface area contributed by atoms with Gasteiger partial charge in [0.1, 0.15) is 0 Å². The van der Waals surface area contributed by atoms with Crippen molar-refractivity contribution in [1.82, 2.24) is 9.62 Å². The number of amides is 1. The maximum Gasteiger partial charge on any atom is 0.254 e. The highest BCUT2D eigenvalue weighted by Gasteiger charge is 2.23. The van der Waals surface area contributed by atoms with Crippen molar-refractivity contribution in [3.63, 3.8) is 0 Å².